The Balaban J connectivity index is 2.55. The first-order valence-corrected chi connectivity index (χ1v) is 4.03. The molecule has 1 aliphatic rings. The van der Waals surface area contributed by atoms with Gasteiger partial charge in [0.1, 0.15) is 11.5 Å². The highest BCUT2D eigenvalue weighted by Gasteiger charge is 2.32. The minimum Gasteiger partial charge on any atom is -0.406 e. The van der Waals surface area contributed by atoms with Gasteiger partial charge in [0.15, 0.2) is 0 Å². The lowest BCUT2D eigenvalue weighted by Gasteiger charge is -2.15. The molecule has 0 bridgehead atoms. The number of allylic oxidation sites excluding steroid dienone is 3. The summed E-state index contributed by atoms with van der Waals surface area (Å²) in [6.07, 6.45) is -0.553. The van der Waals surface area contributed by atoms with E-state index in [1.165, 1.54) is 25.2 Å². The standard InChI is InChI=1S/C9H9F3O2/c1-6(13)7-2-4-8(5-3-7)14-9(10,11)12/h2,4-5,7H,3H2,1H3. The van der Waals surface area contributed by atoms with Gasteiger partial charge < -0.3 is 4.74 Å². The quantitative estimate of drug-likeness (QED) is 0.694. The Morgan fingerprint density at radius 3 is 2.57 bits per heavy atom. The molecule has 14 heavy (non-hydrogen) atoms. The lowest BCUT2D eigenvalue weighted by molar-refractivity contribution is -0.303. The molecule has 78 valence electrons. The lowest BCUT2D eigenvalue weighted by Crippen LogP contribution is -2.15. The fourth-order valence-corrected chi connectivity index (χ4v) is 1.11. The largest absolute Gasteiger partial charge is 0.573 e. The van der Waals surface area contributed by atoms with Crippen LogP contribution in [0.1, 0.15) is 13.3 Å². The van der Waals surface area contributed by atoms with E-state index in [1.54, 1.807) is 0 Å². The number of ketones is 1. The van der Waals surface area contributed by atoms with Crippen LogP contribution in [0, 0.1) is 5.92 Å². The number of ether oxygens (including phenoxy) is 1. The summed E-state index contributed by atoms with van der Waals surface area (Å²) in [5, 5.41) is 0. The van der Waals surface area contributed by atoms with Crippen LogP contribution in [0.25, 0.3) is 0 Å². The molecule has 0 amide bonds. The van der Waals surface area contributed by atoms with Crippen molar-refractivity contribution in [2.24, 2.45) is 5.92 Å². The SMILES string of the molecule is CC(=O)C1C=CC(OC(F)(F)F)=CC1. The normalized spacial score (nSPS) is 21.7. The Hall–Kier alpha value is -1.26. The summed E-state index contributed by atoms with van der Waals surface area (Å²) in [6, 6.07) is 0. The van der Waals surface area contributed by atoms with Crippen molar-refractivity contribution in [1.82, 2.24) is 0 Å². The summed E-state index contributed by atoms with van der Waals surface area (Å²) < 4.78 is 38.9. The molecule has 0 radical (unpaired) electrons. The second-order valence-electron chi connectivity index (χ2n) is 2.97. The van der Waals surface area contributed by atoms with Crippen molar-refractivity contribution in [1.29, 1.82) is 0 Å². The molecule has 0 aromatic rings. The van der Waals surface area contributed by atoms with E-state index in [2.05, 4.69) is 4.74 Å². The van der Waals surface area contributed by atoms with Crippen LogP contribution < -0.4 is 0 Å². The van der Waals surface area contributed by atoms with Gasteiger partial charge in [0.25, 0.3) is 0 Å². The molecular weight excluding hydrogens is 197 g/mol. The van der Waals surface area contributed by atoms with Crippen LogP contribution in [0.15, 0.2) is 24.0 Å². The van der Waals surface area contributed by atoms with Crippen LogP contribution >= 0.6 is 0 Å². The van der Waals surface area contributed by atoms with Gasteiger partial charge in [0.2, 0.25) is 0 Å². The van der Waals surface area contributed by atoms with Gasteiger partial charge in [-0.05, 0) is 25.5 Å². The van der Waals surface area contributed by atoms with Crippen LogP contribution in [-0.4, -0.2) is 12.1 Å². The maximum atomic E-state index is 11.7. The van der Waals surface area contributed by atoms with Crippen molar-refractivity contribution >= 4 is 5.78 Å². The van der Waals surface area contributed by atoms with Gasteiger partial charge in [-0.1, -0.05) is 6.08 Å². The zero-order chi connectivity index (χ0) is 10.8. The van der Waals surface area contributed by atoms with Gasteiger partial charge in [-0.15, -0.1) is 13.2 Å². The summed E-state index contributed by atoms with van der Waals surface area (Å²) in [6.45, 7) is 1.40. The maximum absolute atomic E-state index is 11.7. The van der Waals surface area contributed by atoms with Crippen LogP contribution in [0.3, 0.4) is 0 Å². The molecule has 0 aliphatic heterocycles. The van der Waals surface area contributed by atoms with Crippen LogP contribution in [0.4, 0.5) is 13.2 Å². The number of rotatable bonds is 2. The highest BCUT2D eigenvalue weighted by molar-refractivity contribution is 5.80. The zero-order valence-electron chi connectivity index (χ0n) is 7.47. The third-order valence-electron chi connectivity index (χ3n) is 1.82. The summed E-state index contributed by atoms with van der Waals surface area (Å²) in [4.78, 5) is 10.8. The average molecular weight is 206 g/mol. The molecule has 1 unspecified atom stereocenters. The number of hydrogen-bond donors (Lipinski definition) is 0. The van der Waals surface area contributed by atoms with E-state index >= 15 is 0 Å². The van der Waals surface area contributed by atoms with E-state index in [-0.39, 0.29) is 23.9 Å². The second kappa shape index (κ2) is 3.86. The fourth-order valence-electron chi connectivity index (χ4n) is 1.11. The fraction of sp³-hybridized carbons (Fsp3) is 0.444. The van der Waals surface area contributed by atoms with Crippen molar-refractivity contribution < 1.29 is 22.7 Å². The Bertz CT molecular complexity index is 289. The number of alkyl halides is 3. The molecule has 0 fully saturated rings. The Morgan fingerprint density at radius 2 is 2.21 bits per heavy atom. The predicted octanol–water partition coefficient (Wildman–Crippen LogP) is 2.57. The monoisotopic (exact) mass is 206 g/mol. The smallest absolute Gasteiger partial charge is 0.406 e. The summed E-state index contributed by atoms with van der Waals surface area (Å²) in [5.74, 6) is -0.644. The van der Waals surface area contributed by atoms with Gasteiger partial charge >= 0.3 is 6.36 Å². The molecule has 0 saturated heterocycles. The molecular formula is C9H9F3O2. The Labute approximate surface area is 79.0 Å². The van der Waals surface area contributed by atoms with Gasteiger partial charge in [-0.3, -0.25) is 4.79 Å². The first kappa shape index (κ1) is 10.8. The molecule has 0 N–H and O–H groups in total. The van der Waals surface area contributed by atoms with E-state index in [4.69, 9.17) is 0 Å². The van der Waals surface area contributed by atoms with Crippen LogP contribution in [-0.2, 0) is 9.53 Å². The van der Waals surface area contributed by atoms with E-state index in [0.29, 0.717) is 0 Å². The van der Waals surface area contributed by atoms with E-state index in [9.17, 15) is 18.0 Å². The molecule has 1 rings (SSSR count). The minimum atomic E-state index is -4.67. The van der Waals surface area contributed by atoms with Crippen LogP contribution in [0.2, 0.25) is 0 Å². The molecule has 0 aromatic carbocycles. The van der Waals surface area contributed by atoms with E-state index in [0.717, 1.165) is 0 Å². The molecule has 1 atom stereocenters. The lowest BCUT2D eigenvalue weighted by atomic mass is 9.97. The van der Waals surface area contributed by atoms with Crippen molar-refractivity contribution in [2.45, 2.75) is 19.7 Å². The number of carbonyl (C=O) groups is 1. The minimum absolute atomic E-state index is 0.0661. The van der Waals surface area contributed by atoms with Gasteiger partial charge in [0.05, 0.1) is 0 Å². The second-order valence-corrected chi connectivity index (χ2v) is 2.97. The van der Waals surface area contributed by atoms with Gasteiger partial charge in [-0.25, -0.2) is 0 Å². The predicted molar refractivity (Wildman–Crippen MR) is 43.2 cm³/mol. The molecule has 5 heteroatoms. The summed E-state index contributed by atoms with van der Waals surface area (Å²) in [5.41, 5.74) is 0. The van der Waals surface area contributed by atoms with E-state index < -0.39 is 6.36 Å². The van der Waals surface area contributed by atoms with Crippen molar-refractivity contribution in [3.63, 3.8) is 0 Å². The maximum Gasteiger partial charge on any atom is 0.573 e. The average Bonchev–Trinajstić information content (AvgIpc) is 2.02. The number of hydrogen-bond acceptors (Lipinski definition) is 2. The Morgan fingerprint density at radius 1 is 1.57 bits per heavy atom. The molecule has 0 saturated carbocycles. The van der Waals surface area contributed by atoms with Gasteiger partial charge in [0, 0.05) is 5.92 Å². The molecule has 1 aliphatic carbocycles. The molecule has 2 nitrogen and oxygen atoms in total. The zero-order valence-corrected chi connectivity index (χ0v) is 7.47. The van der Waals surface area contributed by atoms with Crippen molar-refractivity contribution in [3.8, 4) is 0 Å². The Kier molecular flexibility index (Phi) is 2.98. The highest BCUT2D eigenvalue weighted by Crippen LogP contribution is 2.25. The third-order valence-corrected chi connectivity index (χ3v) is 1.82. The highest BCUT2D eigenvalue weighted by atomic mass is 19.4. The number of Topliss-reactive ketones (excluding diaryl/α,β-unsaturated/α-hetero) is 1. The van der Waals surface area contributed by atoms with Crippen molar-refractivity contribution in [2.75, 3.05) is 0 Å². The topological polar surface area (TPSA) is 26.3 Å². The summed E-state index contributed by atoms with van der Waals surface area (Å²) >= 11 is 0. The summed E-state index contributed by atoms with van der Waals surface area (Å²) in [7, 11) is 0. The van der Waals surface area contributed by atoms with Gasteiger partial charge in [-0.2, -0.15) is 0 Å². The molecule has 0 spiro atoms. The van der Waals surface area contributed by atoms with E-state index in [1.807, 2.05) is 0 Å². The molecule has 0 heterocycles. The number of carbonyl (C=O) groups excluding carboxylic acids is 1. The third kappa shape index (κ3) is 3.24. The molecule has 0 aromatic heterocycles. The van der Waals surface area contributed by atoms with Crippen molar-refractivity contribution in [3.05, 3.63) is 24.0 Å². The first-order chi connectivity index (χ1) is 6.38. The van der Waals surface area contributed by atoms with Crippen LogP contribution in [0.5, 0.6) is 0 Å². The number of halogens is 3. The first-order valence-electron chi connectivity index (χ1n) is 4.03.